The maximum Gasteiger partial charge on any atom is 0.343 e. The average molecular weight is 343 g/mol. The molecule has 1 heterocycles. The molecule has 1 N–H and O–H groups in total. The van der Waals surface area contributed by atoms with Crippen molar-refractivity contribution in [3.05, 3.63) is 0 Å². The first-order valence-corrected chi connectivity index (χ1v) is 2.13. The van der Waals surface area contributed by atoms with Gasteiger partial charge in [0.15, 0.2) is 6.10 Å². The zero-order valence-electron chi connectivity index (χ0n) is 4.53. The molecule has 9 heavy (non-hydrogen) atoms. The van der Waals surface area contributed by atoms with Crippen molar-refractivity contribution in [3.8, 4) is 0 Å². The molecule has 1 radical (unpaired) electrons. The molecule has 4 nitrogen and oxygen atoms in total. The number of rotatable bonds is 0. The van der Waals surface area contributed by atoms with Crippen LogP contribution in [0.2, 0.25) is 0 Å². The third-order valence-electron chi connectivity index (χ3n) is 0.847. The van der Waals surface area contributed by atoms with Crippen molar-refractivity contribution in [1.82, 2.24) is 0 Å². The Morgan fingerprint density at radius 3 is 2.22 bits per heavy atom. The van der Waals surface area contributed by atoms with Gasteiger partial charge in [-0.3, -0.25) is 4.79 Å². The second-order valence-electron chi connectivity index (χ2n) is 1.51. The Kier molecular flexibility index (Phi) is 3.87. The SMILES string of the molecule is O=C1CC(O)C(=O)O1.[Ac]. The summed E-state index contributed by atoms with van der Waals surface area (Å²) in [5.41, 5.74) is 0. The molecule has 0 saturated carbocycles. The Balaban J connectivity index is 0.000000640. The molecule has 1 saturated heterocycles. The Morgan fingerprint density at radius 1 is 1.56 bits per heavy atom. The van der Waals surface area contributed by atoms with Crippen LogP contribution in [0.15, 0.2) is 0 Å². The van der Waals surface area contributed by atoms with Crippen LogP contribution >= 0.6 is 0 Å². The number of hydrogen-bond acceptors (Lipinski definition) is 4. The summed E-state index contributed by atoms with van der Waals surface area (Å²) in [7, 11) is 0. The number of cyclic esters (lactones) is 2. The Hall–Kier alpha value is 0.542. The molecule has 0 aromatic heterocycles. The maximum atomic E-state index is 10.1. The molecule has 0 aromatic rings. The molecular formula is C4H4AcO4. The molecule has 47 valence electrons. The van der Waals surface area contributed by atoms with Crippen LogP contribution in [0.3, 0.4) is 0 Å². The Bertz CT molecular complexity index is 144. The van der Waals surface area contributed by atoms with E-state index in [9.17, 15) is 9.59 Å². The van der Waals surface area contributed by atoms with Gasteiger partial charge in [-0.25, -0.2) is 4.79 Å². The summed E-state index contributed by atoms with van der Waals surface area (Å²) in [5.74, 6) is -1.49. The summed E-state index contributed by atoms with van der Waals surface area (Å²) in [6.07, 6.45) is -1.42. The van der Waals surface area contributed by atoms with Crippen LogP contribution in [-0.2, 0) is 14.3 Å². The van der Waals surface area contributed by atoms with Gasteiger partial charge in [-0.1, -0.05) is 0 Å². The van der Waals surface area contributed by atoms with E-state index in [1.807, 2.05) is 0 Å². The monoisotopic (exact) mass is 343 g/mol. The maximum absolute atomic E-state index is 10.1. The van der Waals surface area contributed by atoms with Gasteiger partial charge in [-0.2, -0.15) is 0 Å². The van der Waals surface area contributed by atoms with E-state index in [-0.39, 0.29) is 50.5 Å². The van der Waals surface area contributed by atoms with Crippen molar-refractivity contribution in [2.45, 2.75) is 12.5 Å². The van der Waals surface area contributed by atoms with Gasteiger partial charge in [-0.05, 0) is 0 Å². The first kappa shape index (κ1) is 9.54. The van der Waals surface area contributed by atoms with Gasteiger partial charge in [-0.15, -0.1) is 0 Å². The second kappa shape index (κ2) is 3.65. The number of esters is 2. The number of ether oxygens (including phenoxy) is 1. The van der Waals surface area contributed by atoms with Crippen molar-refractivity contribution in [2.24, 2.45) is 0 Å². The van der Waals surface area contributed by atoms with E-state index in [4.69, 9.17) is 5.11 Å². The van der Waals surface area contributed by atoms with Crippen LogP contribution < -0.4 is 0 Å². The molecule has 0 bridgehead atoms. The molecule has 0 aliphatic carbocycles. The zero-order chi connectivity index (χ0) is 6.15. The predicted molar refractivity (Wildman–Crippen MR) is 21.7 cm³/mol. The zero-order valence-corrected chi connectivity index (χ0v) is 9.28. The average Bonchev–Trinajstić information content (AvgIpc) is 1.85. The summed E-state index contributed by atoms with van der Waals surface area (Å²) in [6, 6.07) is 0. The van der Waals surface area contributed by atoms with Crippen molar-refractivity contribution >= 4 is 11.9 Å². The molecule has 1 atom stereocenters. The van der Waals surface area contributed by atoms with Crippen molar-refractivity contribution in [2.75, 3.05) is 0 Å². The molecule has 1 fully saturated rings. The van der Waals surface area contributed by atoms with Crippen LogP contribution in [0.4, 0.5) is 0 Å². The smallest absolute Gasteiger partial charge is 0.343 e. The van der Waals surface area contributed by atoms with E-state index in [1.165, 1.54) is 0 Å². The van der Waals surface area contributed by atoms with Crippen molar-refractivity contribution in [1.29, 1.82) is 0 Å². The predicted octanol–water partition coefficient (Wildman–Crippen LogP) is -1.18. The second-order valence-corrected chi connectivity index (χ2v) is 1.51. The van der Waals surface area contributed by atoms with Gasteiger partial charge in [0, 0.05) is 44.1 Å². The molecule has 0 aromatic carbocycles. The van der Waals surface area contributed by atoms with Gasteiger partial charge >= 0.3 is 11.9 Å². The van der Waals surface area contributed by atoms with Gasteiger partial charge in [0.2, 0.25) is 0 Å². The molecule has 0 spiro atoms. The number of aliphatic hydroxyl groups is 1. The summed E-state index contributed by atoms with van der Waals surface area (Å²) in [4.78, 5) is 20.2. The summed E-state index contributed by atoms with van der Waals surface area (Å²) >= 11 is 0. The number of carbonyl (C=O) groups excluding carboxylic acids is 2. The first-order chi connectivity index (χ1) is 3.70. The molecule has 1 rings (SSSR count). The Labute approximate surface area is 87.1 Å². The van der Waals surface area contributed by atoms with E-state index in [0.717, 1.165) is 0 Å². The summed E-state index contributed by atoms with van der Waals surface area (Å²) in [5, 5.41) is 8.47. The third kappa shape index (κ3) is 2.32. The molecule has 1 unspecified atom stereocenters. The largest absolute Gasteiger partial charge is 0.391 e. The summed E-state index contributed by atoms with van der Waals surface area (Å²) in [6.45, 7) is 0. The minimum absolute atomic E-state index is 0. The normalized spacial score (nSPS) is 25.2. The molecule has 0 amide bonds. The fourth-order valence-corrected chi connectivity index (χ4v) is 0.463. The molecule has 5 heteroatoms. The number of hydrogen-bond donors (Lipinski definition) is 1. The fraction of sp³-hybridized carbons (Fsp3) is 0.500. The molecular weight excluding hydrogens is 339 g/mol. The Morgan fingerprint density at radius 2 is 2.11 bits per heavy atom. The van der Waals surface area contributed by atoms with Gasteiger partial charge in [0.25, 0.3) is 0 Å². The van der Waals surface area contributed by atoms with E-state index in [2.05, 4.69) is 4.74 Å². The van der Waals surface area contributed by atoms with Crippen molar-refractivity contribution < 1.29 is 63.5 Å². The van der Waals surface area contributed by atoms with Crippen LogP contribution in [-0.4, -0.2) is 23.1 Å². The minimum atomic E-state index is -1.22. The quantitative estimate of drug-likeness (QED) is 0.444. The van der Waals surface area contributed by atoms with E-state index >= 15 is 0 Å². The van der Waals surface area contributed by atoms with Crippen LogP contribution in [0.1, 0.15) is 6.42 Å². The first-order valence-electron chi connectivity index (χ1n) is 2.13. The van der Waals surface area contributed by atoms with E-state index < -0.39 is 18.0 Å². The van der Waals surface area contributed by atoms with Crippen molar-refractivity contribution in [3.63, 3.8) is 0 Å². The fourth-order valence-electron chi connectivity index (χ4n) is 0.463. The van der Waals surface area contributed by atoms with E-state index in [0.29, 0.717) is 0 Å². The van der Waals surface area contributed by atoms with Gasteiger partial charge in [0.05, 0.1) is 6.42 Å². The standard InChI is InChI=1S/C4H4O4.Ac/c5-2-1-3(6)8-4(2)7;/h2,5H,1H2;. The van der Waals surface area contributed by atoms with Crippen LogP contribution in [0, 0.1) is 44.1 Å². The summed E-state index contributed by atoms with van der Waals surface area (Å²) < 4.78 is 3.95. The third-order valence-corrected chi connectivity index (χ3v) is 0.847. The topological polar surface area (TPSA) is 63.6 Å². The van der Waals surface area contributed by atoms with Gasteiger partial charge < -0.3 is 9.84 Å². The van der Waals surface area contributed by atoms with E-state index in [1.54, 1.807) is 0 Å². The van der Waals surface area contributed by atoms with Gasteiger partial charge in [0.1, 0.15) is 0 Å². The number of carbonyl (C=O) groups is 2. The number of aliphatic hydroxyl groups excluding tert-OH is 1. The van der Waals surface area contributed by atoms with Crippen LogP contribution in [0.5, 0.6) is 0 Å². The minimum Gasteiger partial charge on any atom is -0.391 e. The van der Waals surface area contributed by atoms with Crippen LogP contribution in [0.25, 0.3) is 0 Å². The molecule has 1 aliphatic heterocycles. The molecule has 1 aliphatic rings.